The second-order valence-corrected chi connectivity index (χ2v) is 17.1. The zero-order valence-electron chi connectivity index (χ0n) is 34.7. The van der Waals surface area contributed by atoms with Crippen LogP contribution in [0.1, 0.15) is 44.1 Å². The quantitative estimate of drug-likeness (QED) is 0.164. The SMILES string of the molecule is O=C1c2cc(-c3cc(-c4ccccc4)cc(-c4ccccc4)c3)ccc2C2(c3cc(-c4cc(-c5ccccc5)cc(-c5ccccc5)c4)ccc31)c1ccccc1C1C=CC=CC12. The van der Waals surface area contributed by atoms with Gasteiger partial charge in [0.05, 0.1) is 5.41 Å². The minimum Gasteiger partial charge on any atom is -0.289 e. The van der Waals surface area contributed by atoms with E-state index < -0.39 is 5.41 Å². The van der Waals surface area contributed by atoms with Gasteiger partial charge >= 0.3 is 0 Å². The van der Waals surface area contributed by atoms with Gasteiger partial charge in [-0.25, -0.2) is 0 Å². The van der Waals surface area contributed by atoms with Crippen molar-refractivity contribution >= 4 is 5.78 Å². The largest absolute Gasteiger partial charge is 0.289 e. The highest BCUT2D eigenvalue weighted by Gasteiger charge is 2.57. The van der Waals surface area contributed by atoms with Crippen molar-refractivity contribution in [3.05, 3.63) is 276 Å². The minimum atomic E-state index is -0.601. The first-order chi connectivity index (χ1) is 31.1. The first-order valence-corrected chi connectivity index (χ1v) is 21.9. The third-order valence-electron chi connectivity index (χ3n) is 13.7. The van der Waals surface area contributed by atoms with Gasteiger partial charge in [0.2, 0.25) is 0 Å². The summed E-state index contributed by atoms with van der Waals surface area (Å²) in [6, 6.07) is 78.5. The molecule has 9 aromatic carbocycles. The molecule has 296 valence electrons. The standard InChI is InChI=1S/C62H42O/c63-61-55-31-29-46(52-37-49(43-21-9-3-10-22-43)34-50(38-52)44-23-11-4-12-24-44)40-60(55)62(57-27-15-13-25-53(57)54-26-14-16-28-58(54)62)59-32-30-45(39-56(59)61)51-35-47(41-17-5-1-6-18-41)33-48(36-51)42-19-7-2-8-20-42/h1-40,53,57H. The first kappa shape index (κ1) is 36.9. The van der Waals surface area contributed by atoms with Crippen molar-refractivity contribution < 1.29 is 4.79 Å². The topological polar surface area (TPSA) is 17.1 Å². The lowest BCUT2D eigenvalue weighted by atomic mass is 9.57. The second kappa shape index (κ2) is 14.9. The molecule has 0 amide bonds. The molecule has 9 aromatic rings. The smallest absolute Gasteiger partial charge is 0.193 e. The molecule has 0 fully saturated rings. The zero-order valence-corrected chi connectivity index (χ0v) is 34.7. The fourth-order valence-corrected chi connectivity index (χ4v) is 10.9. The van der Waals surface area contributed by atoms with E-state index in [0.29, 0.717) is 0 Å². The number of rotatable bonds is 6. The molecule has 63 heavy (non-hydrogen) atoms. The molecule has 3 aliphatic carbocycles. The molecule has 0 saturated heterocycles. The van der Waals surface area contributed by atoms with Crippen LogP contribution < -0.4 is 0 Å². The van der Waals surface area contributed by atoms with E-state index in [4.69, 9.17) is 0 Å². The summed E-state index contributed by atoms with van der Waals surface area (Å²) in [6.45, 7) is 0. The van der Waals surface area contributed by atoms with E-state index in [-0.39, 0.29) is 17.6 Å². The summed E-state index contributed by atoms with van der Waals surface area (Å²) in [4.78, 5) is 15.4. The molecule has 1 nitrogen and oxygen atoms in total. The lowest BCUT2D eigenvalue weighted by molar-refractivity contribution is 0.103. The van der Waals surface area contributed by atoms with Crippen molar-refractivity contribution in [1.29, 1.82) is 0 Å². The Morgan fingerprint density at radius 3 is 1.25 bits per heavy atom. The molecule has 0 aromatic heterocycles. The molecule has 0 N–H and O–H groups in total. The Bertz CT molecular complexity index is 3170. The van der Waals surface area contributed by atoms with Gasteiger partial charge in [-0.2, -0.15) is 0 Å². The van der Waals surface area contributed by atoms with Gasteiger partial charge in [-0.15, -0.1) is 0 Å². The van der Waals surface area contributed by atoms with E-state index in [0.717, 1.165) is 77.9 Å². The molecular formula is C62H42O. The number of hydrogen-bond acceptors (Lipinski definition) is 1. The molecule has 1 heteroatoms. The predicted octanol–water partition coefficient (Wildman–Crippen LogP) is 15.4. The van der Waals surface area contributed by atoms with Gasteiger partial charge in [0.15, 0.2) is 5.78 Å². The van der Waals surface area contributed by atoms with Crippen LogP contribution in [0, 0.1) is 5.92 Å². The number of benzene rings is 9. The summed E-state index contributed by atoms with van der Waals surface area (Å²) < 4.78 is 0. The summed E-state index contributed by atoms with van der Waals surface area (Å²) in [5.74, 6) is 0.319. The Morgan fingerprint density at radius 1 is 0.302 bits per heavy atom. The monoisotopic (exact) mass is 802 g/mol. The highest BCUT2D eigenvalue weighted by Crippen LogP contribution is 2.62. The third-order valence-corrected chi connectivity index (χ3v) is 13.7. The average Bonchev–Trinajstić information content (AvgIpc) is 3.66. The summed E-state index contributed by atoms with van der Waals surface area (Å²) in [5, 5.41) is 0. The van der Waals surface area contributed by atoms with Gasteiger partial charge in [0.1, 0.15) is 0 Å². The molecule has 3 unspecified atom stereocenters. The summed E-state index contributed by atoms with van der Waals surface area (Å²) >= 11 is 0. The Hall–Kier alpha value is -7.87. The van der Waals surface area contributed by atoms with Crippen LogP contribution >= 0.6 is 0 Å². The van der Waals surface area contributed by atoms with Crippen LogP contribution in [0.4, 0.5) is 0 Å². The number of ketones is 1. The normalized spacial score (nSPS) is 17.8. The van der Waals surface area contributed by atoms with E-state index in [2.05, 4.69) is 243 Å². The Balaban J connectivity index is 1.08. The van der Waals surface area contributed by atoms with Crippen LogP contribution in [-0.4, -0.2) is 5.78 Å². The summed E-state index contributed by atoms with van der Waals surface area (Å²) in [7, 11) is 0. The van der Waals surface area contributed by atoms with Crippen LogP contribution in [0.5, 0.6) is 0 Å². The zero-order chi connectivity index (χ0) is 41.9. The van der Waals surface area contributed by atoms with E-state index in [1.807, 2.05) is 0 Å². The molecule has 0 heterocycles. The third kappa shape index (κ3) is 6.03. The van der Waals surface area contributed by atoms with Crippen molar-refractivity contribution in [3.8, 4) is 66.8 Å². The Kier molecular flexibility index (Phi) is 8.76. The molecule has 0 saturated carbocycles. The molecule has 3 atom stereocenters. The first-order valence-electron chi connectivity index (χ1n) is 21.9. The summed E-state index contributed by atoms with van der Waals surface area (Å²) in [5.41, 5.74) is 19.3. The fourth-order valence-electron chi connectivity index (χ4n) is 10.9. The number of fused-ring (bicyclic) bond motifs is 9. The minimum absolute atomic E-state index is 0.0702. The number of allylic oxidation sites excluding steroid dienone is 4. The van der Waals surface area contributed by atoms with E-state index in [9.17, 15) is 0 Å². The predicted molar refractivity (Wildman–Crippen MR) is 260 cm³/mol. The number of carbonyl (C=O) groups excluding carboxylic acids is 1. The van der Waals surface area contributed by atoms with Crippen LogP contribution in [-0.2, 0) is 5.41 Å². The maximum atomic E-state index is 15.4. The second-order valence-electron chi connectivity index (χ2n) is 17.1. The van der Waals surface area contributed by atoms with Gasteiger partial charge in [-0.1, -0.05) is 194 Å². The van der Waals surface area contributed by atoms with E-state index >= 15 is 4.79 Å². The van der Waals surface area contributed by atoms with Crippen molar-refractivity contribution in [3.63, 3.8) is 0 Å². The molecule has 0 radical (unpaired) electrons. The summed E-state index contributed by atoms with van der Waals surface area (Å²) in [6.07, 6.45) is 9.16. The van der Waals surface area contributed by atoms with Gasteiger partial charge in [0.25, 0.3) is 0 Å². The number of hydrogen-bond donors (Lipinski definition) is 0. The van der Waals surface area contributed by atoms with Crippen LogP contribution in [0.3, 0.4) is 0 Å². The van der Waals surface area contributed by atoms with Gasteiger partial charge < -0.3 is 0 Å². The van der Waals surface area contributed by atoms with E-state index in [1.54, 1.807) is 0 Å². The lowest BCUT2D eigenvalue weighted by Crippen LogP contribution is -2.41. The van der Waals surface area contributed by atoms with Crippen molar-refractivity contribution in [2.75, 3.05) is 0 Å². The van der Waals surface area contributed by atoms with Crippen molar-refractivity contribution in [2.24, 2.45) is 5.92 Å². The molecule has 3 aliphatic rings. The maximum absolute atomic E-state index is 15.4. The van der Waals surface area contributed by atoms with Crippen LogP contribution in [0.25, 0.3) is 66.8 Å². The number of carbonyl (C=O) groups is 1. The lowest BCUT2D eigenvalue weighted by Gasteiger charge is -2.43. The molecule has 0 aliphatic heterocycles. The van der Waals surface area contributed by atoms with E-state index in [1.165, 1.54) is 22.3 Å². The molecule has 12 rings (SSSR count). The molecule has 1 spiro atoms. The highest BCUT2D eigenvalue weighted by atomic mass is 16.1. The molecular weight excluding hydrogens is 761 g/mol. The van der Waals surface area contributed by atoms with Gasteiger partial charge in [-0.3, -0.25) is 4.79 Å². The molecule has 0 bridgehead atoms. The Morgan fingerprint density at radius 2 is 0.730 bits per heavy atom. The van der Waals surface area contributed by atoms with Crippen molar-refractivity contribution in [1.82, 2.24) is 0 Å². The Labute approximate surface area is 369 Å². The highest BCUT2D eigenvalue weighted by molar-refractivity contribution is 6.15. The van der Waals surface area contributed by atoms with Gasteiger partial charge in [0, 0.05) is 23.0 Å². The fraction of sp³-hybridized carbons (Fsp3) is 0.0484. The van der Waals surface area contributed by atoms with Crippen LogP contribution in [0.2, 0.25) is 0 Å². The van der Waals surface area contributed by atoms with Crippen molar-refractivity contribution in [2.45, 2.75) is 11.3 Å². The van der Waals surface area contributed by atoms with Crippen LogP contribution in [0.15, 0.2) is 243 Å². The maximum Gasteiger partial charge on any atom is 0.193 e. The average molecular weight is 803 g/mol. The van der Waals surface area contributed by atoms with Gasteiger partial charge in [-0.05, 0) is 138 Å².